The second kappa shape index (κ2) is 8.96. The molecule has 0 saturated heterocycles. The van der Waals surface area contributed by atoms with Crippen LogP contribution in [0.2, 0.25) is 0 Å². The van der Waals surface area contributed by atoms with Crippen molar-refractivity contribution < 1.29 is 14.3 Å². The van der Waals surface area contributed by atoms with Gasteiger partial charge in [0.2, 0.25) is 0 Å². The molecule has 0 aliphatic heterocycles. The number of rotatable bonds is 7. The Hall–Kier alpha value is -2.73. The Labute approximate surface area is 177 Å². The maximum atomic E-state index is 13.4. The summed E-state index contributed by atoms with van der Waals surface area (Å²) in [5.74, 6) is -0.466. The van der Waals surface area contributed by atoms with Gasteiger partial charge in [-0.25, -0.2) is 0 Å². The summed E-state index contributed by atoms with van der Waals surface area (Å²) in [6, 6.07) is 7.45. The number of carbonyl (C=O) groups is 2. The molecule has 1 amide bonds. The number of aryl methyl sites for hydroxylation is 1. The SMILES string of the molecule is CCOCCCNC(=O)c1c2c(cn(-c3ccc(C)cc3)c1=O)C(=O)CC(C)(C)C2. The molecular formula is C24H30N2O4. The number of nitrogens with one attached hydrogen (secondary N) is 1. The van der Waals surface area contributed by atoms with Crippen LogP contribution in [-0.2, 0) is 11.2 Å². The molecule has 1 N–H and O–H groups in total. The topological polar surface area (TPSA) is 77.4 Å². The fourth-order valence-electron chi connectivity index (χ4n) is 3.88. The third kappa shape index (κ3) is 4.70. The van der Waals surface area contributed by atoms with Crippen LogP contribution in [0.5, 0.6) is 0 Å². The fourth-order valence-corrected chi connectivity index (χ4v) is 3.88. The summed E-state index contributed by atoms with van der Waals surface area (Å²) in [5, 5.41) is 2.84. The van der Waals surface area contributed by atoms with E-state index in [2.05, 4.69) is 5.32 Å². The van der Waals surface area contributed by atoms with Crippen molar-refractivity contribution >= 4 is 11.7 Å². The molecule has 1 aromatic carbocycles. The zero-order valence-corrected chi connectivity index (χ0v) is 18.2. The largest absolute Gasteiger partial charge is 0.382 e. The lowest BCUT2D eigenvalue weighted by atomic mass is 9.73. The van der Waals surface area contributed by atoms with Crippen molar-refractivity contribution in [2.75, 3.05) is 19.8 Å². The van der Waals surface area contributed by atoms with E-state index in [1.54, 1.807) is 6.20 Å². The number of benzene rings is 1. The third-order valence-electron chi connectivity index (χ3n) is 5.41. The Bertz CT molecular complexity index is 1000. The first-order valence-electron chi connectivity index (χ1n) is 10.5. The number of ketones is 1. The van der Waals surface area contributed by atoms with Gasteiger partial charge in [0.1, 0.15) is 5.56 Å². The molecule has 1 aliphatic carbocycles. The molecular weight excluding hydrogens is 380 g/mol. The molecule has 0 fully saturated rings. The van der Waals surface area contributed by atoms with Gasteiger partial charge in [0, 0.05) is 43.6 Å². The quantitative estimate of drug-likeness (QED) is 0.709. The smallest absolute Gasteiger partial charge is 0.268 e. The van der Waals surface area contributed by atoms with E-state index in [0.717, 1.165) is 5.56 Å². The van der Waals surface area contributed by atoms with E-state index < -0.39 is 11.5 Å². The van der Waals surface area contributed by atoms with E-state index in [1.807, 2.05) is 52.0 Å². The Balaban J connectivity index is 2.06. The molecule has 0 saturated carbocycles. The van der Waals surface area contributed by atoms with Crippen LogP contribution in [0.4, 0.5) is 0 Å². The maximum Gasteiger partial charge on any atom is 0.268 e. The molecule has 2 aromatic rings. The van der Waals surface area contributed by atoms with Crippen molar-refractivity contribution in [2.45, 2.75) is 47.0 Å². The predicted octanol–water partition coefficient (Wildman–Crippen LogP) is 3.46. The first-order valence-corrected chi connectivity index (χ1v) is 10.5. The number of Topliss-reactive ketones (excluding diaryl/α,β-unsaturated/α-hetero) is 1. The Morgan fingerprint density at radius 2 is 1.87 bits per heavy atom. The molecule has 6 nitrogen and oxygen atoms in total. The normalized spacial score (nSPS) is 15.0. The first-order chi connectivity index (χ1) is 14.2. The van der Waals surface area contributed by atoms with Gasteiger partial charge >= 0.3 is 0 Å². The van der Waals surface area contributed by atoms with Crippen LogP contribution in [0.15, 0.2) is 35.3 Å². The monoisotopic (exact) mass is 410 g/mol. The van der Waals surface area contributed by atoms with Gasteiger partial charge in [-0.1, -0.05) is 31.5 Å². The highest BCUT2D eigenvalue weighted by atomic mass is 16.5. The molecule has 160 valence electrons. The van der Waals surface area contributed by atoms with Crippen molar-refractivity contribution in [3.63, 3.8) is 0 Å². The maximum absolute atomic E-state index is 13.4. The standard InChI is InChI=1S/C24H30N2O4/c1-5-30-12-6-11-25-22(28)21-18-13-24(3,4)14-20(27)19(18)15-26(23(21)29)17-9-7-16(2)8-10-17/h7-10,15H,5-6,11-14H2,1-4H3,(H,25,28). The van der Waals surface area contributed by atoms with Gasteiger partial charge < -0.3 is 10.1 Å². The summed E-state index contributed by atoms with van der Waals surface area (Å²) >= 11 is 0. The highest BCUT2D eigenvalue weighted by Crippen LogP contribution is 2.35. The van der Waals surface area contributed by atoms with Crippen molar-refractivity contribution in [3.8, 4) is 5.69 Å². The highest BCUT2D eigenvalue weighted by molar-refractivity contribution is 6.04. The number of amides is 1. The van der Waals surface area contributed by atoms with Crippen LogP contribution in [0.1, 0.15) is 65.5 Å². The van der Waals surface area contributed by atoms with Crippen molar-refractivity contribution in [1.82, 2.24) is 9.88 Å². The van der Waals surface area contributed by atoms with Crippen LogP contribution in [-0.4, -0.2) is 36.0 Å². The summed E-state index contributed by atoms with van der Waals surface area (Å²) < 4.78 is 6.72. The fraction of sp³-hybridized carbons (Fsp3) is 0.458. The third-order valence-corrected chi connectivity index (χ3v) is 5.41. The van der Waals surface area contributed by atoms with Gasteiger partial charge in [-0.15, -0.1) is 0 Å². The van der Waals surface area contributed by atoms with E-state index in [-0.39, 0.29) is 16.8 Å². The molecule has 0 unspecified atom stereocenters. The second-order valence-electron chi connectivity index (χ2n) is 8.65. The number of hydrogen-bond acceptors (Lipinski definition) is 4. The summed E-state index contributed by atoms with van der Waals surface area (Å²) in [5.41, 5.74) is 2.11. The van der Waals surface area contributed by atoms with Gasteiger partial charge in [-0.3, -0.25) is 19.0 Å². The molecule has 30 heavy (non-hydrogen) atoms. The van der Waals surface area contributed by atoms with E-state index in [9.17, 15) is 14.4 Å². The van der Waals surface area contributed by atoms with E-state index in [4.69, 9.17) is 4.74 Å². The number of pyridine rings is 1. The van der Waals surface area contributed by atoms with Gasteiger partial charge in [0.05, 0.1) is 0 Å². The average molecular weight is 411 g/mol. The van der Waals surface area contributed by atoms with Gasteiger partial charge in [-0.05, 0) is 49.8 Å². The number of hydrogen-bond donors (Lipinski definition) is 1. The molecule has 1 aromatic heterocycles. The number of fused-ring (bicyclic) bond motifs is 1. The lowest BCUT2D eigenvalue weighted by Crippen LogP contribution is -2.39. The highest BCUT2D eigenvalue weighted by Gasteiger charge is 2.35. The molecule has 0 radical (unpaired) electrons. The summed E-state index contributed by atoms with van der Waals surface area (Å²) in [7, 11) is 0. The van der Waals surface area contributed by atoms with E-state index in [1.165, 1.54) is 4.57 Å². The van der Waals surface area contributed by atoms with Crippen LogP contribution >= 0.6 is 0 Å². The molecule has 1 aliphatic rings. The lowest BCUT2D eigenvalue weighted by Gasteiger charge is -2.31. The van der Waals surface area contributed by atoms with Crippen molar-refractivity contribution in [1.29, 1.82) is 0 Å². The van der Waals surface area contributed by atoms with Crippen LogP contribution in [0.3, 0.4) is 0 Å². The molecule has 0 atom stereocenters. The van der Waals surface area contributed by atoms with Gasteiger partial charge in [-0.2, -0.15) is 0 Å². The Morgan fingerprint density at radius 3 is 2.53 bits per heavy atom. The van der Waals surface area contributed by atoms with Crippen LogP contribution in [0.25, 0.3) is 5.69 Å². The van der Waals surface area contributed by atoms with Crippen LogP contribution in [0, 0.1) is 12.3 Å². The zero-order valence-electron chi connectivity index (χ0n) is 18.2. The van der Waals surface area contributed by atoms with Gasteiger partial charge in [0.25, 0.3) is 11.5 Å². The zero-order chi connectivity index (χ0) is 21.9. The summed E-state index contributed by atoms with van der Waals surface area (Å²) in [6.45, 7) is 9.44. The number of aromatic nitrogens is 1. The first kappa shape index (κ1) is 22.0. The molecule has 6 heteroatoms. The molecule has 0 spiro atoms. The van der Waals surface area contributed by atoms with Gasteiger partial charge in [0.15, 0.2) is 5.78 Å². The predicted molar refractivity (Wildman–Crippen MR) is 117 cm³/mol. The second-order valence-corrected chi connectivity index (χ2v) is 8.65. The van der Waals surface area contributed by atoms with E-state index in [0.29, 0.717) is 55.8 Å². The minimum absolute atomic E-state index is 0.0347. The summed E-state index contributed by atoms with van der Waals surface area (Å²) in [4.78, 5) is 39.3. The minimum Gasteiger partial charge on any atom is -0.382 e. The van der Waals surface area contributed by atoms with Crippen molar-refractivity contribution in [3.05, 3.63) is 63.1 Å². The Kier molecular flexibility index (Phi) is 6.56. The summed E-state index contributed by atoms with van der Waals surface area (Å²) in [6.07, 6.45) is 3.16. The Morgan fingerprint density at radius 1 is 1.17 bits per heavy atom. The van der Waals surface area contributed by atoms with Crippen molar-refractivity contribution in [2.24, 2.45) is 5.41 Å². The van der Waals surface area contributed by atoms with Crippen LogP contribution < -0.4 is 10.9 Å². The molecule has 0 bridgehead atoms. The number of nitrogens with zero attached hydrogens (tertiary/aromatic N) is 1. The molecule has 3 rings (SSSR count). The number of ether oxygens (including phenoxy) is 1. The number of carbonyl (C=O) groups excluding carboxylic acids is 2. The minimum atomic E-state index is -0.431. The molecule has 1 heterocycles. The lowest BCUT2D eigenvalue weighted by molar-refractivity contribution is 0.0908. The average Bonchev–Trinajstić information content (AvgIpc) is 2.67. The van der Waals surface area contributed by atoms with E-state index >= 15 is 0 Å².